The zero-order chi connectivity index (χ0) is 17.2. The van der Waals surface area contributed by atoms with Gasteiger partial charge < -0.3 is 10.2 Å². The van der Waals surface area contributed by atoms with Gasteiger partial charge in [-0.25, -0.2) is 0 Å². The summed E-state index contributed by atoms with van der Waals surface area (Å²) in [6.07, 6.45) is 11.3. The van der Waals surface area contributed by atoms with E-state index in [1.165, 1.54) is 25.7 Å². The second-order valence-corrected chi connectivity index (χ2v) is 7.84. The van der Waals surface area contributed by atoms with Gasteiger partial charge in [-0.15, -0.1) is 0 Å². The van der Waals surface area contributed by atoms with Gasteiger partial charge in [-0.3, -0.25) is 9.59 Å². The molecule has 0 spiro atoms. The number of benzene rings is 1. The number of hydrogen-bond donors (Lipinski definition) is 1. The molecule has 2 fully saturated rings. The predicted octanol–water partition coefficient (Wildman–Crippen LogP) is 3.97. The second kappa shape index (κ2) is 7.19. The monoisotopic (exact) mass is 340 g/mol. The lowest BCUT2D eigenvalue weighted by molar-refractivity contribution is -0.127. The van der Waals surface area contributed by atoms with Crippen molar-refractivity contribution >= 4 is 11.8 Å². The summed E-state index contributed by atoms with van der Waals surface area (Å²) in [4.78, 5) is 28.2. The summed E-state index contributed by atoms with van der Waals surface area (Å²) in [5, 5.41) is 3.23. The number of nitrogens with zero attached hydrogens (tertiary/aromatic N) is 1. The normalized spacial score (nSPS) is 25.0. The zero-order valence-corrected chi connectivity index (χ0v) is 14.9. The Morgan fingerprint density at radius 1 is 0.920 bits per heavy atom. The molecule has 0 bridgehead atoms. The van der Waals surface area contributed by atoms with Gasteiger partial charge in [0.1, 0.15) is 6.04 Å². The van der Waals surface area contributed by atoms with E-state index in [9.17, 15) is 9.59 Å². The number of amides is 2. The number of nitrogens with one attached hydrogen (secondary N) is 1. The van der Waals surface area contributed by atoms with E-state index in [-0.39, 0.29) is 23.9 Å². The lowest BCUT2D eigenvalue weighted by Crippen LogP contribution is -2.46. The van der Waals surface area contributed by atoms with Crippen LogP contribution in [-0.4, -0.2) is 28.8 Å². The van der Waals surface area contributed by atoms with Crippen LogP contribution in [0.2, 0.25) is 0 Å². The first kappa shape index (κ1) is 16.6. The number of carbonyl (C=O) groups is 2. The van der Waals surface area contributed by atoms with Crippen molar-refractivity contribution in [2.45, 2.75) is 82.3 Å². The topological polar surface area (TPSA) is 49.4 Å². The molecule has 4 heteroatoms. The van der Waals surface area contributed by atoms with E-state index in [1.807, 2.05) is 29.2 Å². The largest absolute Gasteiger partial charge is 0.351 e. The Morgan fingerprint density at radius 3 is 2.28 bits per heavy atom. The summed E-state index contributed by atoms with van der Waals surface area (Å²) >= 11 is 0. The standard InChI is InChI=1S/C21H28N2O2/c24-20(22-15-9-5-6-10-15)19-17-13-7-8-14-18(17)21(25)23(19)16-11-3-1-2-4-12-16/h7-8,13-16,19H,1-6,9-12H2,(H,22,24)/t19-/m1/s1. The SMILES string of the molecule is O=C(NC1CCCC1)[C@H]1c2ccccc2C(=O)N1C1CCCCCC1. The van der Waals surface area contributed by atoms with Crippen molar-refractivity contribution in [3.63, 3.8) is 0 Å². The molecule has 4 nitrogen and oxygen atoms in total. The van der Waals surface area contributed by atoms with E-state index in [4.69, 9.17) is 0 Å². The number of carbonyl (C=O) groups excluding carboxylic acids is 2. The van der Waals surface area contributed by atoms with Crippen molar-refractivity contribution in [1.82, 2.24) is 10.2 Å². The molecule has 1 aromatic carbocycles. The van der Waals surface area contributed by atoms with Gasteiger partial charge in [0.25, 0.3) is 5.91 Å². The summed E-state index contributed by atoms with van der Waals surface area (Å²) in [5.41, 5.74) is 1.62. The van der Waals surface area contributed by atoms with Gasteiger partial charge in [-0.1, -0.05) is 56.7 Å². The Morgan fingerprint density at radius 2 is 1.56 bits per heavy atom. The molecular formula is C21H28N2O2. The number of fused-ring (bicyclic) bond motifs is 1. The molecule has 1 atom stereocenters. The van der Waals surface area contributed by atoms with Crippen molar-refractivity contribution < 1.29 is 9.59 Å². The molecule has 0 unspecified atom stereocenters. The molecule has 0 saturated heterocycles. The van der Waals surface area contributed by atoms with Crippen LogP contribution in [0, 0.1) is 0 Å². The quantitative estimate of drug-likeness (QED) is 0.847. The first-order valence-corrected chi connectivity index (χ1v) is 9.97. The van der Waals surface area contributed by atoms with Crippen LogP contribution in [0.1, 0.15) is 86.2 Å². The first-order chi connectivity index (χ1) is 12.3. The van der Waals surface area contributed by atoms with Crippen LogP contribution in [-0.2, 0) is 4.79 Å². The lowest BCUT2D eigenvalue weighted by atomic mass is 10.0. The van der Waals surface area contributed by atoms with E-state index in [2.05, 4.69) is 5.32 Å². The summed E-state index contributed by atoms with van der Waals surface area (Å²) < 4.78 is 0. The van der Waals surface area contributed by atoms with Crippen molar-refractivity contribution in [3.8, 4) is 0 Å². The molecule has 0 radical (unpaired) electrons. The molecule has 1 heterocycles. The number of rotatable bonds is 3. The maximum absolute atomic E-state index is 13.1. The molecule has 0 aromatic heterocycles. The van der Waals surface area contributed by atoms with E-state index in [0.29, 0.717) is 0 Å². The molecule has 3 aliphatic rings. The molecule has 1 aromatic rings. The Kier molecular flexibility index (Phi) is 4.78. The Balaban J connectivity index is 1.63. The van der Waals surface area contributed by atoms with Gasteiger partial charge in [-0.2, -0.15) is 0 Å². The van der Waals surface area contributed by atoms with Crippen LogP contribution in [0.3, 0.4) is 0 Å². The molecule has 2 aliphatic carbocycles. The maximum Gasteiger partial charge on any atom is 0.255 e. The Bertz CT molecular complexity index is 643. The molecule has 2 saturated carbocycles. The van der Waals surface area contributed by atoms with Crippen molar-refractivity contribution in [2.24, 2.45) is 0 Å². The van der Waals surface area contributed by atoms with E-state index < -0.39 is 6.04 Å². The minimum Gasteiger partial charge on any atom is -0.351 e. The van der Waals surface area contributed by atoms with Crippen LogP contribution in [0.5, 0.6) is 0 Å². The molecular weight excluding hydrogens is 312 g/mol. The average Bonchev–Trinajstić information content (AvgIpc) is 3.13. The molecule has 25 heavy (non-hydrogen) atoms. The first-order valence-electron chi connectivity index (χ1n) is 9.97. The fourth-order valence-corrected chi connectivity index (χ4v) is 4.87. The Hall–Kier alpha value is -1.84. The van der Waals surface area contributed by atoms with Crippen molar-refractivity contribution in [3.05, 3.63) is 35.4 Å². The summed E-state index contributed by atoms with van der Waals surface area (Å²) in [5.74, 6) is 0.0727. The summed E-state index contributed by atoms with van der Waals surface area (Å²) in [6, 6.07) is 7.73. The van der Waals surface area contributed by atoms with Crippen LogP contribution >= 0.6 is 0 Å². The van der Waals surface area contributed by atoms with Gasteiger partial charge in [0, 0.05) is 17.6 Å². The molecule has 134 valence electrons. The maximum atomic E-state index is 13.1. The third-order valence-electron chi connectivity index (χ3n) is 6.17. The van der Waals surface area contributed by atoms with Gasteiger partial charge in [0.15, 0.2) is 0 Å². The molecule has 1 aliphatic heterocycles. The van der Waals surface area contributed by atoms with Gasteiger partial charge >= 0.3 is 0 Å². The molecule has 4 rings (SSSR count). The summed E-state index contributed by atoms with van der Waals surface area (Å²) in [7, 11) is 0. The highest BCUT2D eigenvalue weighted by molar-refractivity contribution is 6.04. The van der Waals surface area contributed by atoms with Crippen molar-refractivity contribution in [2.75, 3.05) is 0 Å². The minimum atomic E-state index is -0.438. The third kappa shape index (κ3) is 3.19. The minimum absolute atomic E-state index is 0.0226. The van der Waals surface area contributed by atoms with E-state index in [1.54, 1.807) is 0 Å². The van der Waals surface area contributed by atoms with E-state index >= 15 is 0 Å². The zero-order valence-electron chi connectivity index (χ0n) is 14.9. The fourth-order valence-electron chi connectivity index (χ4n) is 4.87. The second-order valence-electron chi connectivity index (χ2n) is 7.84. The van der Waals surface area contributed by atoms with Gasteiger partial charge in [0.05, 0.1) is 0 Å². The Labute approximate surface area is 150 Å². The predicted molar refractivity (Wildman–Crippen MR) is 97.2 cm³/mol. The van der Waals surface area contributed by atoms with Crippen LogP contribution in [0.15, 0.2) is 24.3 Å². The average molecular weight is 340 g/mol. The van der Waals surface area contributed by atoms with Crippen LogP contribution in [0.4, 0.5) is 0 Å². The highest BCUT2D eigenvalue weighted by Gasteiger charge is 2.44. The summed E-state index contributed by atoms with van der Waals surface area (Å²) in [6.45, 7) is 0. The van der Waals surface area contributed by atoms with Gasteiger partial charge in [0.2, 0.25) is 5.91 Å². The lowest BCUT2D eigenvalue weighted by Gasteiger charge is -2.33. The fraction of sp³-hybridized carbons (Fsp3) is 0.619. The highest BCUT2D eigenvalue weighted by Crippen LogP contribution is 2.38. The van der Waals surface area contributed by atoms with Crippen molar-refractivity contribution in [1.29, 1.82) is 0 Å². The van der Waals surface area contributed by atoms with Crippen LogP contribution in [0.25, 0.3) is 0 Å². The van der Waals surface area contributed by atoms with E-state index in [0.717, 1.165) is 49.7 Å². The molecule has 1 N–H and O–H groups in total. The van der Waals surface area contributed by atoms with Gasteiger partial charge in [-0.05, 0) is 37.3 Å². The molecule has 2 amide bonds. The number of hydrogen-bond acceptors (Lipinski definition) is 2. The highest BCUT2D eigenvalue weighted by atomic mass is 16.2. The third-order valence-corrected chi connectivity index (χ3v) is 6.17. The van der Waals surface area contributed by atoms with Crippen LogP contribution < -0.4 is 5.32 Å². The smallest absolute Gasteiger partial charge is 0.255 e.